The third-order valence-corrected chi connectivity index (χ3v) is 4.86. The van der Waals surface area contributed by atoms with Crippen molar-refractivity contribution in [3.63, 3.8) is 0 Å². The van der Waals surface area contributed by atoms with Gasteiger partial charge in [-0.15, -0.1) is 0 Å². The van der Waals surface area contributed by atoms with Crippen LogP contribution in [0.2, 0.25) is 0 Å². The number of fused-ring (bicyclic) bond motifs is 1. The normalized spacial score (nSPS) is 23.6. The summed E-state index contributed by atoms with van der Waals surface area (Å²) in [5.74, 6) is -0.573. The first kappa shape index (κ1) is 16.3. The molecule has 1 aliphatic carbocycles. The number of nitrogens with one attached hydrogen (secondary N) is 1. The summed E-state index contributed by atoms with van der Waals surface area (Å²) < 4.78 is 0. The zero-order chi connectivity index (χ0) is 17.3. The van der Waals surface area contributed by atoms with Crippen LogP contribution in [0.1, 0.15) is 48.0 Å². The first-order valence-corrected chi connectivity index (χ1v) is 8.08. The summed E-state index contributed by atoms with van der Waals surface area (Å²) in [5, 5.41) is 13.2. The molecule has 7 nitrogen and oxygen atoms in total. The van der Waals surface area contributed by atoms with Crippen LogP contribution in [-0.4, -0.2) is 22.5 Å². The third-order valence-electron chi connectivity index (χ3n) is 4.86. The number of nitrogens with zero attached hydrogens (tertiary/aromatic N) is 1. The molecule has 0 spiro atoms. The number of amides is 2. The summed E-state index contributed by atoms with van der Waals surface area (Å²) in [5.41, 5.74) is 1.28. The molecular formula is C17H18N2O5. The molecule has 0 bridgehead atoms. The van der Waals surface area contributed by atoms with Gasteiger partial charge >= 0.3 is 0 Å². The van der Waals surface area contributed by atoms with Crippen molar-refractivity contribution in [1.82, 2.24) is 5.32 Å². The molecule has 126 valence electrons. The Hall–Kier alpha value is -2.57. The van der Waals surface area contributed by atoms with Crippen molar-refractivity contribution in [2.24, 2.45) is 11.8 Å². The van der Waals surface area contributed by atoms with E-state index in [9.17, 15) is 24.5 Å². The van der Waals surface area contributed by atoms with Crippen molar-refractivity contribution in [2.45, 2.75) is 38.5 Å². The first-order valence-electron chi connectivity index (χ1n) is 8.08. The molecule has 1 heterocycles. The zero-order valence-electron chi connectivity index (χ0n) is 13.1. The number of hydrogen-bond donors (Lipinski definition) is 1. The molecule has 0 saturated carbocycles. The maximum atomic E-state index is 12.2. The molecule has 3 rings (SSSR count). The second kappa shape index (κ2) is 6.51. The van der Waals surface area contributed by atoms with Gasteiger partial charge < -0.3 is 0 Å². The highest BCUT2D eigenvalue weighted by atomic mass is 16.6. The molecule has 1 aliphatic heterocycles. The lowest BCUT2D eigenvalue weighted by Gasteiger charge is -2.26. The molecule has 0 aromatic heterocycles. The fraction of sp³-hybridized carbons (Fsp3) is 0.471. The topological polar surface area (TPSA) is 106 Å². The van der Waals surface area contributed by atoms with E-state index in [0.29, 0.717) is 49.7 Å². The van der Waals surface area contributed by atoms with E-state index in [2.05, 4.69) is 5.32 Å². The molecule has 1 fully saturated rings. The number of nitro groups is 1. The largest absolute Gasteiger partial charge is 0.296 e. The van der Waals surface area contributed by atoms with Gasteiger partial charge in [0.05, 0.1) is 4.92 Å². The van der Waals surface area contributed by atoms with Gasteiger partial charge in [-0.1, -0.05) is 0 Å². The predicted octanol–water partition coefficient (Wildman–Crippen LogP) is 2.17. The van der Waals surface area contributed by atoms with Crippen molar-refractivity contribution in [3.05, 3.63) is 39.4 Å². The standard InChI is InChI=1S/C17H18N2O5/c20-15-8-10(1-2-11-3-6-16(21)18-17(11)22)7-12-9-13(19(23)24)4-5-14(12)15/h4-5,9-11H,1-3,6-8H2,(H,18,21,22). The number of benzene rings is 1. The number of nitro benzene ring substituents is 1. The van der Waals surface area contributed by atoms with E-state index in [0.717, 1.165) is 0 Å². The average Bonchev–Trinajstić information content (AvgIpc) is 2.53. The number of rotatable bonds is 4. The molecule has 0 radical (unpaired) electrons. The van der Waals surface area contributed by atoms with Crippen molar-refractivity contribution >= 4 is 23.3 Å². The molecule has 1 saturated heterocycles. The van der Waals surface area contributed by atoms with E-state index in [1.54, 1.807) is 0 Å². The zero-order valence-corrected chi connectivity index (χ0v) is 13.1. The van der Waals surface area contributed by atoms with E-state index in [1.807, 2.05) is 0 Å². The lowest BCUT2D eigenvalue weighted by atomic mass is 9.79. The van der Waals surface area contributed by atoms with Gasteiger partial charge in [-0.3, -0.25) is 29.8 Å². The summed E-state index contributed by atoms with van der Waals surface area (Å²) in [6, 6.07) is 4.37. The number of Topliss-reactive ketones (excluding diaryl/α,β-unsaturated/α-hetero) is 1. The molecule has 2 amide bonds. The molecule has 2 unspecified atom stereocenters. The van der Waals surface area contributed by atoms with E-state index in [-0.39, 0.29) is 35.1 Å². The summed E-state index contributed by atoms with van der Waals surface area (Å²) >= 11 is 0. The van der Waals surface area contributed by atoms with E-state index in [1.165, 1.54) is 18.2 Å². The second-order valence-corrected chi connectivity index (χ2v) is 6.52. The summed E-state index contributed by atoms with van der Waals surface area (Å²) in [4.78, 5) is 45.6. The lowest BCUT2D eigenvalue weighted by molar-refractivity contribution is -0.384. The minimum atomic E-state index is -0.461. The number of imide groups is 1. The number of carbonyl (C=O) groups is 3. The minimum absolute atomic E-state index is 0.000536. The molecule has 1 N–H and O–H groups in total. The first-order chi connectivity index (χ1) is 11.4. The van der Waals surface area contributed by atoms with Crippen LogP contribution in [-0.2, 0) is 16.0 Å². The fourth-order valence-electron chi connectivity index (χ4n) is 3.54. The molecular weight excluding hydrogens is 312 g/mol. The molecule has 2 aliphatic rings. The van der Waals surface area contributed by atoms with Crippen LogP contribution in [0.15, 0.2) is 18.2 Å². The van der Waals surface area contributed by atoms with E-state index in [4.69, 9.17) is 0 Å². The Labute approximate surface area is 138 Å². The van der Waals surface area contributed by atoms with Gasteiger partial charge in [-0.2, -0.15) is 0 Å². The van der Waals surface area contributed by atoms with Crippen LogP contribution in [0.5, 0.6) is 0 Å². The van der Waals surface area contributed by atoms with Gasteiger partial charge in [-0.05, 0) is 43.2 Å². The minimum Gasteiger partial charge on any atom is -0.296 e. The van der Waals surface area contributed by atoms with E-state index >= 15 is 0 Å². The van der Waals surface area contributed by atoms with Gasteiger partial charge in [-0.25, -0.2) is 0 Å². The number of non-ortho nitro benzene ring substituents is 1. The maximum absolute atomic E-state index is 12.2. The van der Waals surface area contributed by atoms with Gasteiger partial charge in [0.2, 0.25) is 11.8 Å². The molecule has 24 heavy (non-hydrogen) atoms. The van der Waals surface area contributed by atoms with E-state index < -0.39 is 4.92 Å². The maximum Gasteiger partial charge on any atom is 0.269 e. The van der Waals surface area contributed by atoms with Gasteiger partial charge in [0.1, 0.15) is 0 Å². The highest BCUT2D eigenvalue weighted by Crippen LogP contribution is 2.32. The van der Waals surface area contributed by atoms with Crippen molar-refractivity contribution in [1.29, 1.82) is 0 Å². The summed E-state index contributed by atoms with van der Waals surface area (Å²) in [6.45, 7) is 0. The smallest absolute Gasteiger partial charge is 0.269 e. The fourth-order valence-corrected chi connectivity index (χ4v) is 3.54. The van der Waals surface area contributed by atoms with Crippen molar-refractivity contribution < 1.29 is 19.3 Å². The highest BCUT2D eigenvalue weighted by molar-refractivity contribution is 5.99. The summed E-state index contributed by atoms with van der Waals surface area (Å²) in [7, 11) is 0. The number of hydrogen-bond acceptors (Lipinski definition) is 5. The average molecular weight is 330 g/mol. The van der Waals surface area contributed by atoms with Gasteiger partial charge in [0.25, 0.3) is 5.69 Å². The van der Waals surface area contributed by atoms with Crippen LogP contribution in [0.3, 0.4) is 0 Å². The third kappa shape index (κ3) is 3.34. The Morgan fingerprint density at radius 2 is 1.96 bits per heavy atom. The van der Waals surface area contributed by atoms with Crippen LogP contribution < -0.4 is 5.32 Å². The molecule has 7 heteroatoms. The monoisotopic (exact) mass is 330 g/mol. The Morgan fingerprint density at radius 3 is 2.67 bits per heavy atom. The van der Waals surface area contributed by atoms with Gasteiger partial charge in [0, 0.05) is 36.5 Å². The van der Waals surface area contributed by atoms with Crippen molar-refractivity contribution in [2.75, 3.05) is 0 Å². The van der Waals surface area contributed by atoms with Crippen LogP contribution in [0.25, 0.3) is 0 Å². The summed E-state index contributed by atoms with van der Waals surface area (Å²) in [6.07, 6.45) is 3.23. The second-order valence-electron chi connectivity index (χ2n) is 6.52. The van der Waals surface area contributed by atoms with Gasteiger partial charge in [0.15, 0.2) is 5.78 Å². The Morgan fingerprint density at radius 1 is 1.17 bits per heavy atom. The predicted molar refractivity (Wildman–Crippen MR) is 84.3 cm³/mol. The number of ketones is 1. The Balaban J connectivity index is 1.65. The van der Waals surface area contributed by atoms with Crippen LogP contribution >= 0.6 is 0 Å². The highest BCUT2D eigenvalue weighted by Gasteiger charge is 2.30. The quantitative estimate of drug-likeness (QED) is 0.517. The molecule has 2 atom stereocenters. The lowest BCUT2D eigenvalue weighted by Crippen LogP contribution is -2.40. The number of piperidine rings is 1. The Bertz CT molecular complexity index is 728. The molecule has 1 aromatic carbocycles. The van der Waals surface area contributed by atoms with Crippen LogP contribution in [0, 0.1) is 22.0 Å². The van der Waals surface area contributed by atoms with Crippen LogP contribution in [0.4, 0.5) is 5.69 Å². The number of carbonyl (C=O) groups excluding carboxylic acids is 3. The Kier molecular flexibility index (Phi) is 4.42. The van der Waals surface area contributed by atoms with Crippen molar-refractivity contribution in [3.8, 4) is 0 Å². The molecule has 1 aromatic rings. The SMILES string of the molecule is O=C1CCC(CCC2CC(=O)c3ccc([N+](=O)[O-])cc3C2)C(=O)N1.